The standard InChI is InChI=1S/C8H11N.C6H10O2/c1-7(9)8-5-3-2-4-6-8;1-6(2)3-4(6)5(7)8/h2-7H,9H2,1H3;4H,3H2,1-2H3,(H,7,8)/t7-;4-/m10/s1. The molecule has 3 N–H and O–H groups in total. The zero-order valence-corrected chi connectivity index (χ0v) is 10.7. The van der Waals surface area contributed by atoms with Crippen molar-refractivity contribution in [2.75, 3.05) is 0 Å². The molecule has 0 spiro atoms. The summed E-state index contributed by atoms with van der Waals surface area (Å²) in [6, 6.07) is 10.2. The quantitative estimate of drug-likeness (QED) is 0.828. The molecule has 17 heavy (non-hydrogen) atoms. The molecule has 3 heteroatoms. The van der Waals surface area contributed by atoms with E-state index in [0.717, 1.165) is 6.42 Å². The second kappa shape index (κ2) is 5.32. The summed E-state index contributed by atoms with van der Waals surface area (Å²) in [5.41, 5.74) is 6.89. The number of rotatable bonds is 2. The number of carbonyl (C=O) groups is 1. The Balaban J connectivity index is 0.000000171. The average Bonchev–Trinajstić information content (AvgIpc) is 2.90. The monoisotopic (exact) mass is 235 g/mol. The first kappa shape index (κ1) is 13.7. The molecule has 0 radical (unpaired) electrons. The van der Waals surface area contributed by atoms with Crippen molar-refractivity contribution in [3.63, 3.8) is 0 Å². The highest BCUT2D eigenvalue weighted by Gasteiger charge is 2.50. The van der Waals surface area contributed by atoms with Gasteiger partial charge in [-0.25, -0.2) is 0 Å². The van der Waals surface area contributed by atoms with Gasteiger partial charge >= 0.3 is 5.97 Å². The van der Waals surface area contributed by atoms with Gasteiger partial charge in [0.25, 0.3) is 0 Å². The maximum Gasteiger partial charge on any atom is 0.307 e. The van der Waals surface area contributed by atoms with E-state index in [4.69, 9.17) is 10.8 Å². The Kier molecular flexibility index (Phi) is 4.29. The van der Waals surface area contributed by atoms with Crippen molar-refractivity contribution in [1.82, 2.24) is 0 Å². The van der Waals surface area contributed by atoms with Crippen molar-refractivity contribution in [3.05, 3.63) is 35.9 Å². The van der Waals surface area contributed by atoms with Gasteiger partial charge in [-0.05, 0) is 24.3 Å². The summed E-state index contributed by atoms with van der Waals surface area (Å²) >= 11 is 0. The number of benzene rings is 1. The third-order valence-corrected chi connectivity index (χ3v) is 3.14. The highest BCUT2D eigenvalue weighted by Crippen LogP contribution is 2.51. The van der Waals surface area contributed by atoms with E-state index in [1.807, 2.05) is 51.1 Å². The maximum atomic E-state index is 10.2. The van der Waals surface area contributed by atoms with Crippen molar-refractivity contribution in [1.29, 1.82) is 0 Å². The molecule has 0 amide bonds. The van der Waals surface area contributed by atoms with E-state index >= 15 is 0 Å². The topological polar surface area (TPSA) is 63.3 Å². The number of aliphatic carboxylic acids is 1. The first-order valence-electron chi connectivity index (χ1n) is 5.88. The molecule has 1 aliphatic rings. The zero-order valence-electron chi connectivity index (χ0n) is 10.7. The Labute approximate surface area is 103 Å². The summed E-state index contributed by atoms with van der Waals surface area (Å²) in [5, 5.41) is 8.39. The molecule has 0 aromatic heterocycles. The lowest BCUT2D eigenvalue weighted by atomic mass is 10.1. The largest absolute Gasteiger partial charge is 0.481 e. The summed E-state index contributed by atoms with van der Waals surface area (Å²) in [5.74, 6) is -0.711. The molecule has 1 aromatic rings. The van der Waals surface area contributed by atoms with Crippen molar-refractivity contribution < 1.29 is 9.90 Å². The van der Waals surface area contributed by atoms with Crippen molar-refractivity contribution in [2.45, 2.75) is 33.2 Å². The molecule has 0 saturated heterocycles. The minimum Gasteiger partial charge on any atom is -0.481 e. The molecular formula is C14H21NO2. The number of hydrogen-bond donors (Lipinski definition) is 2. The Bertz CT molecular complexity index is 371. The van der Waals surface area contributed by atoms with Crippen LogP contribution in [0.3, 0.4) is 0 Å². The van der Waals surface area contributed by atoms with E-state index in [2.05, 4.69) is 0 Å². The Hall–Kier alpha value is -1.35. The molecule has 1 aromatic carbocycles. The molecule has 0 unspecified atom stereocenters. The van der Waals surface area contributed by atoms with Crippen molar-refractivity contribution in [3.8, 4) is 0 Å². The molecule has 0 aliphatic heterocycles. The van der Waals surface area contributed by atoms with Gasteiger partial charge in [0.15, 0.2) is 0 Å². The van der Waals surface area contributed by atoms with Gasteiger partial charge in [0.2, 0.25) is 0 Å². The van der Waals surface area contributed by atoms with E-state index in [1.165, 1.54) is 5.56 Å². The summed E-state index contributed by atoms with van der Waals surface area (Å²) in [7, 11) is 0. The number of nitrogens with two attached hydrogens (primary N) is 1. The molecule has 1 saturated carbocycles. The fourth-order valence-corrected chi connectivity index (χ4v) is 1.65. The zero-order chi connectivity index (χ0) is 13.1. The molecule has 0 bridgehead atoms. The third-order valence-electron chi connectivity index (χ3n) is 3.14. The number of carboxylic acids is 1. The van der Waals surface area contributed by atoms with Gasteiger partial charge in [0.1, 0.15) is 0 Å². The van der Waals surface area contributed by atoms with Gasteiger partial charge in [0.05, 0.1) is 5.92 Å². The molecule has 94 valence electrons. The van der Waals surface area contributed by atoms with Crippen LogP contribution < -0.4 is 5.73 Å². The minimum atomic E-state index is -0.644. The summed E-state index contributed by atoms with van der Waals surface area (Å²) in [4.78, 5) is 10.2. The predicted octanol–water partition coefficient (Wildman–Crippen LogP) is 2.82. The summed E-state index contributed by atoms with van der Waals surface area (Å²) in [6.45, 7) is 5.94. The van der Waals surface area contributed by atoms with Gasteiger partial charge in [-0.1, -0.05) is 44.2 Å². The van der Waals surface area contributed by atoms with Crippen LogP contribution in [0.15, 0.2) is 30.3 Å². The van der Waals surface area contributed by atoms with Crippen LogP contribution in [-0.2, 0) is 4.79 Å². The SMILES string of the molecule is CC1(C)C[C@H]1C(=O)O.C[C@@H](N)c1ccccc1. The highest BCUT2D eigenvalue weighted by molar-refractivity contribution is 5.74. The first-order valence-corrected chi connectivity index (χ1v) is 5.88. The van der Waals surface area contributed by atoms with Crippen molar-refractivity contribution in [2.24, 2.45) is 17.1 Å². The number of hydrogen-bond acceptors (Lipinski definition) is 2. The highest BCUT2D eigenvalue weighted by atomic mass is 16.4. The molecule has 2 rings (SSSR count). The van der Waals surface area contributed by atoms with Gasteiger partial charge < -0.3 is 10.8 Å². The normalized spacial score (nSPS) is 22.0. The van der Waals surface area contributed by atoms with Crippen molar-refractivity contribution >= 4 is 5.97 Å². The molecular weight excluding hydrogens is 214 g/mol. The molecule has 3 nitrogen and oxygen atoms in total. The molecule has 2 atom stereocenters. The van der Waals surface area contributed by atoms with Crippen LogP contribution >= 0.6 is 0 Å². The molecule has 1 fully saturated rings. The van der Waals surface area contributed by atoms with E-state index in [1.54, 1.807) is 0 Å². The van der Waals surface area contributed by atoms with Crippen LogP contribution in [0.5, 0.6) is 0 Å². The van der Waals surface area contributed by atoms with E-state index in [-0.39, 0.29) is 17.4 Å². The lowest BCUT2D eigenvalue weighted by molar-refractivity contribution is -0.139. The van der Waals surface area contributed by atoms with Crippen LogP contribution in [0.25, 0.3) is 0 Å². The van der Waals surface area contributed by atoms with E-state index < -0.39 is 5.97 Å². The third kappa shape index (κ3) is 4.19. The van der Waals surface area contributed by atoms with E-state index in [0.29, 0.717) is 0 Å². The van der Waals surface area contributed by atoms with Crippen LogP contribution in [0.2, 0.25) is 0 Å². The Morgan fingerprint density at radius 2 is 1.88 bits per heavy atom. The fraction of sp³-hybridized carbons (Fsp3) is 0.500. The van der Waals surface area contributed by atoms with Crippen LogP contribution in [0.4, 0.5) is 0 Å². The molecule has 0 heterocycles. The fourth-order valence-electron chi connectivity index (χ4n) is 1.65. The van der Waals surface area contributed by atoms with Crippen LogP contribution in [0.1, 0.15) is 38.8 Å². The van der Waals surface area contributed by atoms with Gasteiger partial charge in [0, 0.05) is 6.04 Å². The van der Waals surface area contributed by atoms with E-state index in [9.17, 15) is 4.79 Å². The predicted molar refractivity (Wildman–Crippen MR) is 68.6 cm³/mol. The first-order chi connectivity index (χ1) is 7.84. The molecule has 1 aliphatic carbocycles. The Morgan fingerprint density at radius 3 is 2.06 bits per heavy atom. The lowest BCUT2D eigenvalue weighted by Crippen LogP contribution is -2.03. The second-order valence-electron chi connectivity index (χ2n) is 5.28. The summed E-state index contributed by atoms with van der Waals surface area (Å²) in [6.07, 6.45) is 0.850. The van der Waals surface area contributed by atoms with Gasteiger partial charge in [-0.15, -0.1) is 0 Å². The second-order valence-corrected chi connectivity index (χ2v) is 5.28. The van der Waals surface area contributed by atoms with Crippen LogP contribution in [-0.4, -0.2) is 11.1 Å². The number of carboxylic acid groups (broad SMARTS) is 1. The van der Waals surface area contributed by atoms with Gasteiger partial charge in [-0.2, -0.15) is 0 Å². The smallest absolute Gasteiger partial charge is 0.307 e. The Morgan fingerprint density at radius 1 is 1.41 bits per heavy atom. The van der Waals surface area contributed by atoms with Gasteiger partial charge in [-0.3, -0.25) is 4.79 Å². The lowest BCUT2D eigenvalue weighted by Gasteiger charge is -2.02. The average molecular weight is 235 g/mol. The van der Waals surface area contributed by atoms with Crippen LogP contribution in [0, 0.1) is 11.3 Å². The maximum absolute atomic E-state index is 10.2. The minimum absolute atomic E-state index is 0.0671. The summed E-state index contributed by atoms with van der Waals surface area (Å²) < 4.78 is 0.